The van der Waals surface area contributed by atoms with Gasteiger partial charge in [0.25, 0.3) is 0 Å². The fourth-order valence-corrected chi connectivity index (χ4v) is 1.44. The Hall–Kier alpha value is -1.46. The predicted molar refractivity (Wildman–Crippen MR) is 54.8 cm³/mol. The number of fused-ring (bicyclic) bond motifs is 1. The van der Waals surface area contributed by atoms with Crippen LogP contribution in [0, 0.1) is 0 Å². The number of hydrogen-bond acceptors (Lipinski definition) is 5. The largest absolute Gasteiger partial charge is 0.434 e. The monoisotopic (exact) mass is 207 g/mol. The molecule has 0 fully saturated rings. The number of nitrogens with zero attached hydrogens (tertiary/aromatic N) is 2. The van der Waals surface area contributed by atoms with Gasteiger partial charge in [0, 0.05) is 6.20 Å². The van der Waals surface area contributed by atoms with Crippen LogP contribution in [0.3, 0.4) is 0 Å². The number of aromatic nitrogens is 2. The van der Waals surface area contributed by atoms with Crippen LogP contribution in [0.4, 0.5) is 0 Å². The molecular formula is C10H13N3O2. The van der Waals surface area contributed by atoms with Crippen molar-refractivity contribution in [3.63, 3.8) is 0 Å². The maximum atomic E-state index is 9.88. The van der Waals surface area contributed by atoms with Gasteiger partial charge in [0.2, 0.25) is 5.89 Å². The molecule has 0 aliphatic carbocycles. The van der Waals surface area contributed by atoms with Gasteiger partial charge in [0.15, 0.2) is 17.0 Å². The molecular weight excluding hydrogens is 194 g/mol. The SMILES string of the molecule is CCC[C@](N)(O)c1nc2ncccc2o1. The highest BCUT2D eigenvalue weighted by Crippen LogP contribution is 2.23. The van der Waals surface area contributed by atoms with Crippen LogP contribution >= 0.6 is 0 Å². The second-order valence-electron chi connectivity index (χ2n) is 3.52. The zero-order chi connectivity index (χ0) is 10.9. The molecule has 2 aromatic heterocycles. The highest BCUT2D eigenvalue weighted by atomic mass is 16.4. The fourth-order valence-electron chi connectivity index (χ4n) is 1.44. The standard InChI is InChI=1S/C10H13N3O2/c1-2-5-10(11,14)9-13-8-7(15-9)4-3-6-12-8/h3-4,6,14H,2,5,11H2,1H3/t10-/m0/s1. The zero-order valence-electron chi connectivity index (χ0n) is 8.47. The second kappa shape index (κ2) is 3.60. The first-order valence-electron chi connectivity index (χ1n) is 4.87. The van der Waals surface area contributed by atoms with Crippen molar-refractivity contribution >= 4 is 11.2 Å². The van der Waals surface area contributed by atoms with Crippen LogP contribution in [-0.4, -0.2) is 15.1 Å². The van der Waals surface area contributed by atoms with Gasteiger partial charge < -0.3 is 9.52 Å². The lowest BCUT2D eigenvalue weighted by molar-refractivity contribution is 0.00786. The number of nitrogens with two attached hydrogens (primary N) is 1. The van der Waals surface area contributed by atoms with E-state index in [1.54, 1.807) is 18.3 Å². The lowest BCUT2D eigenvalue weighted by Gasteiger charge is -2.17. The first-order chi connectivity index (χ1) is 7.13. The normalized spacial score (nSPS) is 15.4. The van der Waals surface area contributed by atoms with Crippen LogP contribution in [0.5, 0.6) is 0 Å². The van der Waals surface area contributed by atoms with Crippen molar-refractivity contribution < 1.29 is 9.52 Å². The second-order valence-corrected chi connectivity index (χ2v) is 3.52. The molecule has 0 aliphatic rings. The van der Waals surface area contributed by atoms with Gasteiger partial charge in [-0.25, -0.2) is 4.98 Å². The molecule has 80 valence electrons. The molecule has 2 heterocycles. The Kier molecular flexibility index (Phi) is 2.42. The van der Waals surface area contributed by atoms with Gasteiger partial charge in [-0.1, -0.05) is 13.3 Å². The summed E-state index contributed by atoms with van der Waals surface area (Å²) in [5.41, 5.74) is 5.18. The maximum absolute atomic E-state index is 9.88. The van der Waals surface area contributed by atoms with E-state index in [2.05, 4.69) is 9.97 Å². The van der Waals surface area contributed by atoms with Crippen molar-refractivity contribution in [2.45, 2.75) is 25.5 Å². The molecule has 0 unspecified atom stereocenters. The predicted octanol–water partition coefficient (Wildman–Crippen LogP) is 1.13. The van der Waals surface area contributed by atoms with E-state index in [1.807, 2.05) is 6.92 Å². The molecule has 1 atom stereocenters. The molecule has 5 heteroatoms. The lowest BCUT2D eigenvalue weighted by Crippen LogP contribution is -2.36. The molecule has 0 saturated heterocycles. The van der Waals surface area contributed by atoms with Crippen molar-refractivity contribution in [2.24, 2.45) is 5.73 Å². The van der Waals surface area contributed by atoms with Crippen LogP contribution < -0.4 is 5.73 Å². The molecule has 3 N–H and O–H groups in total. The maximum Gasteiger partial charge on any atom is 0.244 e. The van der Waals surface area contributed by atoms with E-state index in [1.165, 1.54) is 0 Å². The first-order valence-corrected chi connectivity index (χ1v) is 4.87. The summed E-state index contributed by atoms with van der Waals surface area (Å²) in [4.78, 5) is 8.05. The number of hydrogen-bond donors (Lipinski definition) is 2. The van der Waals surface area contributed by atoms with E-state index in [0.29, 0.717) is 17.7 Å². The van der Waals surface area contributed by atoms with Crippen molar-refractivity contribution in [1.82, 2.24) is 9.97 Å². The molecule has 0 radical (unpaired) electrons. The summed E-state index contributed by atoms with van der Waals surface area (Å²) < 4.78 is 5.34. The number of oxazole rings is 1. The molecule has 15 heavy (non-hydrogen) atoms. The van der Waals surface area contributed by atoms with Gasteiger partial charge in [0.05, 0.1) is 0 Å². The summed E-state index contributed by atoms with van der Waals surface area (Å²) in [6.07, 6.45) is 2.77. The summed E-state index contributed by atoms with van der Waals surface area (Å²) in [5, 5.41) is 9.88. The Morgan fingerprint density at radius 3 is 3.07 bits per heavy atom. The summed E-state index contributed by atoms with van der Waals surface area (Å²) in [6, 6.07) is 3.48. The van der Waals surface area contributed by atoms with Crippen LogP contribution in [0.15, 0.2) is 22.7 Å². The third-order valence-corrected chi connectivity index (χ3v) is 2.17. The fraction of sp³-hybridized carbons (Fsp3) is 0.400. The van der Waals surface area contributed by atoms with E-state index in [-0.39, 0.29) is 5.89 Å². The Labute approximate surface area is 86.9 Å². The summed E-state index contributed by atoms with van der Waals surface area (Å²) in [6.45, 7) is 1.93. The minimum absolute atomic E-state index is 0.123. The topological polar surface area (TPSA) is 85.2 Å². The van der Waals surface area contributed by atoms with E-state index in [9.17, 15) is 5.11 Å². The molecule has 0 aliphatic heterocycles. The number of rotatable bonds is 3. The molecule has 0 amide bonds. The van der Waals surface area contributed by atoms with Gasteiger partial charge in [-0.3, -0.25) is 5.73 Å². The molecule has 0 spiro atoms. The van der Waals surface area contributed by atoms with Gasteiger partial charge in [-0.15, -0.1) is 0 Å². The van der Waals surface area contributed by atoms with Gasteiger partial charge >= 0.3 is 0 Å². The van der Waals surface area contributed by atoms with Gasteiger partial charge in [-0.05, 0) is 18.6 Å². The minimum atomic E-state index is -1.50. The van der Waals surface area contributed by atoms with Crippen LogP contribution in [0.25, 0.3) is 11.2 Å². The third kappa shape index (κ3) is 1.84. The van der Waals surface area contributed by atoms with E-state index >= 15 is 0 Å². The summed E-state index contributed by atoms with van der Waals surface area (Å²) >= 11 is 0. The van der Waals surface area contributed by atoms with Gasteiger partial charge in [0.1, 0.15) is 0 Å². The summed E-state index contributed by atoms with van der Waals surface area (Å²) in [7, 11) is 0. The van der Waals surface area contributed by atoms with E-state index in [4.69, 9.17) is 10.2 Å². The smallest absolute Gasteiger partial charge is 0.244 e. The van der Waals surface area contributed by atoms with Crippen LogP contribution in [-0.2, 0) is 5.72 Å². The Bertz CT molecular complexity index is 431. The quantitative estimate of drug-likeness (QED) is 0.737. The molecule has 2 aromatic rings. The van der Waals surface area contributed by atoms with Crippen molar-refractivity contribution in [2.75, 3.05) is 0 Å². The molecule has 5 nitrogen and oxygen atoms in total. The highest BCUT2D eigenvalue weighted by Gasteiger charge is 2.29. The third-order valence-electron chi connectivity index (χ3n) is 2.17. The molecule has 0 saturated carbocycles. The Morgan fingerprint density at radius 1 is 1.60 bits per heavy atom. The average molecular weight is 207 g/mol. The molecule has 0 aromatic carbocycles. The van der Waals surface area contributed by atoms with Crippen LogP contribution in [0.1, 0.15) is 25.7 Å². The van der Waals surface area contributed by atoms with Crippen molar-refractivity contribution in [1.29, 1.82) is 0 Å². The summed E-state index contributed by atoms with van der Waals surface area (Å²) in [5.74, 6) is 0.123. The van der Waals surface area contributed by atoms with Crippen molar-refractivity contribution in [3.8, 4) is 0 Å². The van der Waals surface area contributed by atoms with E-state index in [0.717, 1.165) is 6.42 Å². The zero-order valence-corrected chi connectivity index (χ0v) is 8.47. The Morgan fingerprint density at radius 2 is 2.40 bits per heavy atom. The minimum Gasteiger partial charge on any atom is -0.434 e. The first kappa shape index (κ1) is 10.1. The highest BCUT2D eigenvalue weighted by molar-refractivity contribution is 5.67. The lowest BCUT2D eigenvalue weighted by atomic mass is 10.1. The Balaban J connectivity index is 2.44. The molecule has 2 rings (SSSR count). The molecule has 0 bridgehead atoms. The van der Waals surface area contributed by atoms with E-state index < -0.39 is 5.72 Å². The van der Waals surface area contributed by atoms with Gasteiger partial charge in [-0.2, -0.15) is 4.98 Å². The number of aliphatic hydroxyl groups is 1. The van der Waals surface area contributed by atoms with Crippen molar-refractivity contribution in [3.05, 3.63) is 24.2 Å². The number of pyridine rings is 1. The van der Waals surface area contributed by atoms with Crippen LogP contribution in [0.2, 0.25) is 0 Å². The average Bonchev–Trinajstić information content (AvgIpc) is 2.61.